The number of nitrogens with zero attached hydrogens (tertiary/aromatic N) is 1. The fourth-order valence-corrected chi connectivity index (χ4v) is 3.57. The van der Waals surface area contributed by atoms with E-state index >= 15 is 0 Å². The topological polar surface area (TPSA) is 78.2 Å². The molecule has 0 N–H and O–H groups in total. The van der Waals surface area contributed by atoms with Crippen LogP contribution in [0.3, 0.4) is 0 Å². The van der Waals surface area contributed by atoms with Crippen molar-refractivity contribution in [2.45, 2.75) is 13.3 Å². The Morgan fingerprint density at radius 3 is 2.45 bits per heavy atom. The number of aryl methyl sites for hydroxylation is 1. The number of benzene rings is 2. The maximum Gasteiger partial charge on any atom is 0.336 e. The van der Waals surface area contributed by atoms with Gasteiger partial charge in [-0.15, -0.1) is 0 Å². The molecule has 172 valence electrons. The molecule has 2 aromatic carbocycles. The number of hydrogen-bond acceptors (Lipinski definition) is 6. The summed E-state index contributed by atoms with van der Waals surface area (Å²) in [5, 5.41) is 0.897. The molecule has 1 fully saturated rings. The lowest BCUT2D eigenvalue weighted by Crippen LogP contribution is -2.39. The SMILES string of the molecule is Cc1cc(=O)oc2cc(OCCCOc3ccc(/C=C/C(=O)N4CCOCC4)cc3)ccc12. The standard InChI is InChI=1S/C26H27NO6/c1-19-17-26(29)33-24-18-22(8-9-23(19)24)32-14-2-13-31-21-6-3-20(4-7-21)5-10-25(28)27-11-15-30-16-12-27/h3-10,17-18H,2,11-16H2,1H3/b10-5+. The fourth-order valence-electron chi connectivity index (χ4n) is 3.57. The molecule has 1 aliphatic heterocycles. The number of carbonyl (C=O) groups is 1. The molecule has 0 atom stereocenters. The van der Waals surface area contributed by atoms with E-state index in [0.717, 1.165) is 22.3 Å². The van der Waals surface area contributed by atoms with Gasteiger partial charge in [0.1, 0.15) is 17.1 Å². The summed E-state index contributed by atoms with van der Waals surface area (Å²) in [5.74, 6) is 1.41. The van der Waals surface area contributed by atoms with Gasteiger partial charge in [0, 0.05) is 43.1 Å². The van der Waals surface area contributed by atoms with Crippen molar-refractivity contribution >= 4 is 23.0 Å². The van der Waals surface area contributed by atoms with Crippen LogP contribution in [0, 0.1) is 6.92 Å². The molecule has 2 heterocycles. The maximum absolute atomic E-state index is 12.2. The average molecular weight is 450 g/mol. The highest BCUT2D eigenvalue weighted by molar-refractivity contribution is 5.91. The lowest BCUT2D eigenvalue weighted by molar-refractivity contribution is -0.129. The summed E-state index contributed by atoms with van der Waals surface area (Å²) in [6.45, 7) is 5.32. The number of rotatable bonds is 8. The molecule has 4 rings (SSSR count). The van der Waals surface area contributed by atoms with Gasteiger partial charge in [0.05, 0.1) is 26.4 Å². The van der Waals surface area contributed by atoms with E-state index in [1.54, 1.807) is 17.0 Å². The third kappa shape index (κ3) is 6.23. The normalized spacial score (nSPS) is 14.0. The maximum atomic E-state index is 12.2. The highest BCUT2D eigenvalue weighted by Gasteiger charge is 2.13. The molecule has 33 heavy (non-hydrogen) atoms. The van der Waals surface area contributed by atoms with E-state index in [4.69, 9.17) is 18.6 Å². The predicted octanol–water partition coefficient (Wildman–Crippen LogP) is 3.82. The third-order valence-corrected chi connectivity index (χ3v) is 5.37. The number of carbonyl (C=O) groups excluding carboxylic acids is 1. The third-order valence-electron chi connectivity index (χ3n) is 5.37. The minimum atomic E-state index is -0.365. The first-order valence-corrected chi connectivity index (χ1v) is 11.0. The van der Waals surface area contributed by atoms with Gasteiger partial charge in [-0.25, -0.2) is 4.79 Å². The van der Waals surface area contributed by atoms with Crippen LogP contribution < -0.4 is 15.1 Å². The average Bonchev–Trinajstić information content (AvgIpc) is 2.83. The predicted molar refractivity (Wildman–Crippen MR) is 126 cm³/mol. The summed E-state index contributed by atoms with van der Waals surface area (Å²) >= 11 is 0. The zero-order valence-electron chi connectivity index (χ0n) is 18.6. The number of hydrogen-bond donors (Lipinski definition) is 0. The minimum absolute atomic E-state index is 0.00214. The van der Waals surface area contributed by atoms with Gasteiger partial charge in [-0.3, -0.25) is 4.79 Å². The summed E-state index contributed by atoms with van der Waals surface area (Å²) in [6, 6.07) is 14.6. The van der Waals surface area contributed by atoms with E-state index in [1.165, 1.54) is 6.07 Å². The molecular formula is C26H27NO6. The minimum Gasteiger partial charge on any atom is -0.493 e. The van der Waals surface area contributed by atoms with Crippen LogP contribution >= 0.6 is 0 Å². The summed E-state index contributed by atoms with van der Waals surface area (Å²) in [5.41, 5.74) is 1.97. The van der Waals surface area contributed by atoms with Crippen LogP contribution in [0.25, 0.3) is 17.0 Å². The Labute approximate surface area is 192 Å². The number of morpholine rings is 1. The van der Waals surface area contributed by atoms with Crippen molar-refractivity contribution in [3.8, 4) is 11.5 Å². The first-order chi connectivity index (χ1) is 16.1. The molecule has 1 saturated heterocycles. The number of fused-ring (bicyclic) bond motifs is 1. The van der Waals surface area contributed by atoms with E-state index in [0.29, 0.717) is 57.3 Å². The number of ether oxygens (including phenoxy) is 3. The molecule has 0 spiro atoms. The van der Waals surface area contributed by atoms with Crippen molar-refractivity contribution in [3.05, 3.63) is 76.2 Å². The van der Waals surface area contributed by atoms with Gasteiger partial charge in [0.25, 0.3) is 0 Å². The van der Waals surface area contributed by atoms with Crippen molar-refractivity contribution in [1.29, 1.82) is 0 Å². The van der Waals surface area contributed by atoms with Gasteiger partial charge in [0.2, 0.25) is 5.91 Å². The van der Waals surface area contributed by atoms with Crippen molar-refractivity contribution in [2.75, 3.05) is 39.5 Å². The quantitative estimate of drug-likeness (QED) is 0.296. The van der Waals surface area contributed by atoms with Crippen molar-refractivity contribution in [3.63, 3.8) is 0 Å². The van der Waals surface area contributed by atoms with Crippen LogP contribution in [0.4, 0.5) is 0 Å². The molecule has 7 nitrogen and oxygen atoms in total. The molecule has 1 amide bonds. The van der Waals surface area contributed by atoms with Crippen LogP contribution in [0.1, 0.15) is 17.5 Å². The molecule has 0 bridgehead atoms. The summed E-state index contributed by atoms with van der Waals surface area (Å²) in [7, 11) is 0. The Hall–Kier alpha value is -3.58. The van der Waals surface area contributed by atoms with Gasteiger partial charge in [-0.05, 0) is 48.4 Å². The Morgan fingerprint density at radius 1 is 1.00 bits per heavy atom. The van der Waals surface area contributed by atoms with Gasteiger partial charge >= 0.3 is 5.63 Å². The van der Waals surface area contributed by atoms with Crippen molar-refractivity contribution < 1.29 is 23.4 Å². The Balaban J connectivity index is 1.20. The molecule has 0 aliphatic carbocycles. The lowest BCUT2D eigenvalue weighted by Gasteiger charge is -2.25. The van der Waals surface area contributed by atoms with Gasteiger partial charge in [-0.2, -0.15) is 0 Å². The Morgan fingerprint density at radius 2 is 1.70 bits per heavy atom. The second-order valence-electron chi connectivity index (χ2n) is 7.80. The van der Waals surface area contributed by atoms with Crippen LogP contribution in [0.5, 0.6) is 11.5 Å². The second-order valence-corrected chi connectivity index (χ2v) is 7.80. The summed E-state index contributed by atoms with van der Waals surface area (Å²) in [6.07, 6.45) is 4.10. The zero-order valence-corrected chi connectivity index (χ0v) is 18.6. The summed E-state index contributed by atoms with van der Waals surface area (Å²) in [4.78, 5) is 25.5. The number of amides is 1. The van der Waals surface area contributed by atoms with Crippen LogP contribution in [0.2, 0.25) is 0 Å². The molecule has 7 heteroatoms. The van der Waals surface area contributed by atoms with Crippen molar-refractivity contribution in [1.82, 2.24) is 4.90 Å². The lowest BCUT2D eigenvalue weighted by atomic mass is 10.1. The Bertz CT molecular complexity index is 1180. The fraction of sp³-hybridized carbons (Fsp3) is 0.308. The molecular weight excluding hydrogens is 422 g/mol. The van der Waals surface area contributed by atoms with Crippen molar-refractivity contribution in [2.24, 2.45) is 0 Å². The first-order valence-electron chi connectivity index (χ1n) is 11.0. The molecule has 1 aliphatic rings. The monoisotopic (exact) mass is 449 g/mol. The molecule has 1 aromatic heterocycles. The van der Waals surface area contributed by atoms with E-state index in [9.17, 15) is 9.59 Å². The van der Waals surface area contributed by atoms with Crippen LogP contribution in [-0.2, 0) is 9.53 Å². The van der Waals surface area contributed by atoms with Crippen LogP contribution in [0.15, 0.2) is 63.8 Å². The molecule has 0 radical (unpaired) electrons. The van der Waals surface area contributed by atoms with Crippen LogP contribution in [-0.4, -0.2) is 50.3 Å². The second kappa shape index (κ2) is 10.8. The highest BCUT2D eigenvalue weighted by Crippen LogP contribution is 2.22. The smallest absolute Gasteiger partial charge is 0.336 e. The molecule has 3 aromatic rings. The highest BCUT2D eigenvalue weighted by atomic mass is 16.5. The largest absolute Gasteiger partial charge is 0.493 e. The molecule has 0 unspecified atom stereocenters. The Kier molecular flexibility index (Phi) is 7.42. The molecule has 0 saturated carbocycles. The van der Waals surface area contributed by atoms with Gasteiger partial charge in [0.15, 0.2) is 0 Å². The van der Waals surface area contributed by atoms with E-state index < -0.39 is 0 Å². The van der Waals surface area contributed by atoms with E-state index in [-0.39, 0.29) is 11.5 Å². The summed E-state index contributed by atoms with van der Waals surface area (Å²) < 4.78 is 22.0. The van der Waals surface area contributed by atoms with Gasteiger partial charge < -0.3 is 23.5 Å². The van der Waals surface area contributed by atoms with E-state index in [2.05, 4.69) is 0 Å². The first kappa shape index (κ1) is 22.6. The van der Waals surface area contributed by atoms with E-state index in [1.807, 2.05) is 49.4 Å². The zero-order chi connectivity index (χ0) is 23.0. The van der Waals surface area contributed by atoms with Gasteiger partial charge in [-0.1, -0.05) is 12.1 Å².